The summed E-state index contributed by atoms with van der Waals surface area (Å²) in [6, 6.07) is 5.99. The number of hydrogen-bond donors (Lipinski definition) is 1. The number of nitrogens with one attached hydrogen (secondary N) is 1. The first-order chi connectivity index (χ1) is 15.2. The van der Waals surface area contributed by atoms with Crippen molar-refractivity contribution < 1.29 is 19.2 Å². The predicted molar refractivity (Wildman–Crippen MR) is 120 cm³/mol. The Balaban J connectivity index is 1.70. The summed E-state index contributed by atoms with van der Waals surface area (Å²) in [7, 11) is 0. The average Bonchev–Trinajstić information content (AvgIpc) is 3.22. The molecule has 0 radical (unpaired) electrons. The van der Waals surface area contributed by atoms with Gasteiger partial charge >= 0.3 is 5.97 Å². The van der Waals surface area contributed by atoms with E-state index in [1.54, 1.807) is 23.0 Å². The predicted octanol–water partition coefficient (Wildman–Crippen LogP) is 3.79. The molecule has 1 aliphatic heterocycles. The van der Waals surface area contributed by atoms with E-state index in [1.807, 2.05) is 18.7 Å². The Labute approximate surface area is 186 Å². The fraction of sp³-hybridized carbons (Fsp3) is 0.500. The van der Waals surface area contributed by atoms with E-state index in [-0.39, 0.29) is 17.3 Å². The number of ether oxygens (including phenoxy) is 1. The lowest BCUT2D eigenvalue weighted by atomic mass is 9.98. The number of anilines is 2. The second-order valence-electron chi connectivity index (χ2n) is 8.42. The van der Waals surface area contributed by atoms with Crippen LogP contribution >= 0.6 is 0 Å². The van der Waals surface area contributed by atoms with E-state index in [4.69, 9.17) is 4.74 Å². The molecule has 1 aliphatic rings. The van der Waals surface area contributed by atoms with Gasteiger partial charge in [0.25, 0.3) is 11.6 Å². The van der Waals surface area contributed by atoms with Gasteiger partial charge in [0.2, 0.25) is 0 Å². The van der Waals surface area contributed by atoms with Crippen molar-refractivity contribution in [1.29, 1.82) is 0 Å². The zero-order valence-corrected chi connectivity index (χ0v) is 18.8. The van der Waals surface area contributed by atoms with Crippen LogP contribution in [0.1, 0.15) is 56.9 Å². The van der Waals surface area contributed by atoms with E-state index in [2.05, 4.69) is 17.3 Å². The Morgan fingerprint density at radius 1 is 1.22 bits per heavy atom. The Morgan fingerprint density at radius 2 is 1.91 bits per heavy atom. The van der Waals surface area contributed by atoms with Crippen LogP contribution in [-0.4, -0.2) is 45.8 Å². The van der Waals surface area contributed by atoms with E-state index in [0.717, 1.165) is 25.9 Å². The molecule has 2 aromatic rings. The number of amides is 1. The van der Waals surface area contributed by atoms with Gasteiger partial charge in [-0.05, 0) is 51.7 Å². The number of esters is 1. The Hall–Kier alpha value is -3.43. The van der Waals surface area contributed by atoms with Crippen LogP contribution in [0, 0.1) is 16.0 Å². The zero-order valence-electron chi connectivity index (χ0n) is 18.8. The molecule has 10 heteroatoms. The molecule has 1 aromatic heterocycles. The smallest absolute Gasteiger partial charge is 0.339 e. The normalized spacial score (nSPS) is 15.5. The third kappa shape index (κ3) is 5.24. The Bertz CT molecular complexity index is 994. The molecule has 172 valence electrons. The molecule has 3 rings (SSSR count). The lowest BCUT2D eigenvalue weighted by molar-refractivity contribution is -0.384. The van der Waals surface area contributed by atoms with Gasteiger partial charge in [-0.3, -0.25) is 14.9 Å². The number of benzene rings is 1. The quantitative estimate of drug-likeness (QED) is 0.393. The fourth-order valence-electron chi connectivity index (χ4n) is 3.65. The zero-order chi connectivity index (χ0) is 23.4. The maximum absolute atomic E-state index is 12.6. The minimum atomic E-state index is -1.10. The number of nitrogens with zero attached hydrogens (tertiary/aromatic N) is 4. The summed E-state index contributed by atoms with van der Waals surface area (Å²) in [5.41, 5.74) is 0.371. The van der Waals surface area contributed by atoms with Crippen LogP contribution in [0.3, 0.4) is 0 Å². The van der Waals surface area contributed by atoms with Crippen molar-refractivity contribution in [2.75, 3.05) is 23.3 Å². The monoisotopic (exact) mass is 443 g/mol. The van der Waals surface area contributed by atoms with Crippen LogP contribution in [0.5, 0.6) is 0 Å². The largest absolute Gasteiger partial charge is 0.449 e. The molecular formula is C22H29N5O5. The van der Waals surface area contributed by atoms with Crippen molar-refractivity contribution in [1.82, 2.24) is 9.78 Å². The maximum Gasteiger partial charge on any atom is 0.339 e. The molecule has 0 spiro atoms. The van der Waals surface area contributed by atoms with Gasteiger partial charge in [0, 0.05) is 31.3 Å². The van der Waals surface area contributed by atoms with Crippen LogP contribution in [0.2, 0.25) is 0 Å². The SMILES string of the molecule is CC1CCN(c2ccc(C(=O)OC(C)C(=O)Nc3ccnn3C(C)C)cc2[N+](=O)[O-])CC1. The van der Waals surface area contributed by atoms with E-state index in [9.17, 15) is 19.7 Å². The van der Waals surface area contributed by atoms with Gasteiger partial charge in [-0.2, -0.15) is 5.10 Å². The number of carbonyl (C=O) groups excluding carboxylic acids is 2. The highest BCUT2D eigenvalue weighted by atomic mass is 16.6. The van der Waals surface area contributed by atoms with Gasteiger partial charge in [-0.15, -0.1) is 0 Å². The number of hydrogen-bond acceptors (Lipinski definition) is 7. The first-order valence-electron chi connectivity index (χ1n) is 10.8. The van der Waals surface area contributed by atoms with Gasteiger partial charge in [0.15, 0.2) is 6.10 Å². The fourth-order valence-corrected chi connectivity index (χ4v) is 3.65. The number of rotatable bonds is 7. The number of carbonyl (C=O) groups is 2. The summed E-state index contributed by atoms with van der Waals surface area (Å²) in [4.78, 5) is 38.2. The number of aromatic nitrogens is 2. The molecule has 0 bridgehead atoms. The average molecular weight is 444 g/mol. The van der Waals surface area contributed by atoms with Gasteiger partial charge in [0.05, 0.1) is 16.7 Å². The molecule has 1 unspecified atom stereocenters. The summed E-state index contributed by atoms with van der Waals surface area (Å²) in [5.74, 6) is -0.239. The third-order valence-corrected chi connectivity index (χ3v) is 5.60. The molecule has 1 N–H and O–H groups in total. The lowest BCUT2D eigenvalue weighted by Gasteiger charge is -2.31. The van der Waals surface area contributed by atoms with Crippen LogP contribution in [-0.2, 0) is 9.53 Å². The molecule has 1 fully saturated rings. The first-order valence-corrected chi connectivity index (χ1v) is 10.8. The highest BCUT2D eigenvalue weighted by molar-refractivity contribution is 5.97. The van der Waals surface area contributed by atoms with E-state index < -0.39 is 22.9 Å². The van der Waals surface area contributed by atoms with E-state index in [1.165, 1.54) is 19.1 Å². The van der Waals surface area contributed by atoms with Crippen molar-refractivity contribution in [3.8, 4) is 0 Å². The maximum atomic E-state index is 12.6. The summed E-state index contributed by atoms with van der Waals surface area (Å²) in [6.07, 6.45) is 2.39. The Morgan fingerprint density at radius 3 is 2.53 bits per heavy atom. The number of nitro groups is 1. The molecule has 2 heterocycles. The number of piperidine rings is 1. The molecular weight excluding hydrogens is 414 g/mol. The summed E-state index contributed by atoms with van der Waals surface area (Å²) in [6.45, 7) is 8.92. The van der Waals surface area contributed by atoms with Crippen molar-refractivity contribution in [2.24, 2.45) is 5.92 Å². The molecule has 1 saturated heterocycles. The van der Waals surface area contributed by atoms with Crippen molar-refractivity contribution in [2.45, 2.75) is 52.7 Å². The first kappa shape index (κ1) is 23.2. The van der Waals surface area contributed by atoms with Crippen LogP contribution < -0.4 is 10.2 Å². The van der Waals surface area contributed by atoms with Crippen LogP contribution in [0.15, 0.2) is 30.5 Å². The van der Waals surface area contributed by atoms with Gasteiger partial charge in [-0.1, -0.05) is 6.92 Å². The van der Waals surface area contributed by atoms with Gasteiger partial charge < -0.3 is 15.0 Å². The van der Waals surface area contributed by atoms with Crippen LogP contribution in [0.4, 0.5) is 17.2 Å². The van der Waals surface area contributed by atoms with E-state index in [0.29, 0.717) is 17.4 Å². The molecule has 1 aromatic carbocycles. The minimum absolute atomic E-state index is 0.0256. The second kappa shape index (κ2) is 9.80. The second-order valence-corrected chi connectivity index (χ2v) is 8.42. The topological polar surface area (TPSA) is 120 Å². The summed E-state index contributed by atoms with van der Waals surface area (Å²) in [5, 5.41) is 18.5. The Kier molecular flexibility index (Phi) is 7.12. The molecule has 1 amide bonds. The molecule has 10 nitrogen and oxygen atoms in total. The molecule has 1 atom stereocenters. The number of nitro benzene ring substituents is 1. The van der Waals surface area contributed by atoms with Crippen molar-refractivity contribution in [3.63, 3.8) is 0 Å². The molecule has 0 aliphatic carbocycles. The third-order valence-electron chi connectivity index (χ3n) is 5.60. The van der Waals surface area contributed by atoms with Crippen LogP contribution in [0.25, 0.3) is 0 Å². The standard InChI is InChI=1S/C22H29N5O5/c1-14(2)26-20(7-10-23-26)24-21(28)16(4)32-22(29)17-5-6-18(19(13-17)27(30)31)25-11-8-15(3)9-12-25/h5-7,10,13-16H,8-9,11-12H2,1-4H3,(H,24,28). The highest BCUT2D eigenvalue weighted by Crippen LogP contribution is 2.32. The highest BCUT2D eigenvalue weighted by Gasteiger charge is 2.26. The molecule has 0 saturated carbocycles. The minimum Gasteiger partial charge on any atom is -0.449 e. The van der Waals surface area contributed by atoms with Gasteiger partial charge in [0.1, 0.15) is 11.5 Å². The van der Waals surface area contributed by atoms with Gasteiger partial charge in [-0.25, -0.2) is 9.48 Å². The van der Waals surface area contributed by atoms with Crippen molar-refractivity contribution >= 4 is 29.1 Å². The van der Waals surface area contributed by atoms with E-state index >= 15 is 0 Å². The summed E-state index contributed by atoms with van der Waals surface area (Å²) < 4.78 is 6.90. The van der Waals surface area contributed by atoms with Crippen molar-refractivity contribution in [3.05, 3.63) is 46.1 Å². The lowest BCUT2D eigenvalue weighted by Crippen LogP contribution is -2.33. The summed E-state index contributed by atoms with van der Waals surface area (Å²) >= 11 is 0. The molecule has 32 heavy (non-hydrogen) atoms.